The third-order valence-corrected chi connectivity index (χ3v) is 3.72. The van der Waals surface area contributed by atoms with Crippen LogP contribution < -0.4 is 10.6 Å². The van der Waals surface area contributed by atoms with Gasteiger partial charge in [0.1, 0.15) is 22.4 Å². The largest absolute Gasteiger partial charge is 0.444 e. The van der Waals surface area contributed by atoms with Crippen LogP contribution in [0.15, 0.2) is 28.2 Å². The van der Waals surface area contributed by atoms with Crippen molar-refractivity contribution in [1.82, 2.24) is 15.3 Å². The van der Waals surface area contributed by atoms with E-state index in [9.17, 15) is 9.59 Å². The van der Waals surface area contributed by atoms with Crippen LogP contribution in [0.5, 0.6) is 0 Å². The maximum atomic E-state index is 11.8. The molecule has 0 spiro atoms. The van der Waals surface area contributed by atoms with Crippen molar-refractivity contribution in [3.8, 4) is 11.4 Å². The molecule has 0 fully saturated rings. The van der Waals surface area contributed by atoms with Crippen LogP contribution in [0.4, 0.5) is 9.93 Å². The smallest absolute Gasteiger partial charge is 0.408 e. The molecule has 0 bridgehead atoms. The first-order valence-corrected chi connectivity index (χ1v) is 8.75. The number of thiazole rings is 1. The molecule has 0 atom stereocenters. The maximum absolute atomic E-state index is 11.8. The van der Waals surface area contributed by atoms with Gasteiger partial charge in [-0.25, -0.2) is 14.8 Å². The summed E-state index contributed by atoms with van der Waals surface area (Å²) in [6.07, 6.45) is -0.643. The third-order valence-electron chi connectivity index (χ3n) is 2.52. The molecule has 0 aliphatic rings. The summed E-state index contributed by atoms with van der Waals surface area (Å²) in [6.45, 7) is 5.05. The van der Waals surface area contributed by atoms with E-state index in [0.717, 1.165) is 0 Å². The highest BCUT2D eigenvalue weighted by atomic mass is 79.9. The fourth-order valence-electron chi connectivity index (χ4n) is 1.63. The van der Waals surface area contributed by atoms with Gasteiger partial charge in [0.2, 0.25) is 5.91 Å². The van der Waals surface area contributed by atoms with Crippen molar-refractivity contribution < 1.29 is 14.3 Å². The van der Waals surface area contributed by atoms with E-state index in [4.69, 9.17) is 4.74 Å². The van der Waals surface area contributed by atoms with Crippen LogP contribution in [0.3, 0.4) is 0 Å². The lowest BCUT2D eigenvalue weighted by Crippen LogP contribution is -2.37. The quantitative estimate of drug-likeness (QED) is 0.750. The first-order valence-electron chi connectivity index (χ1n) is 7.08. The Labute approximate surface area is 152 Å². The van der Waals surface area contributed by atoms with Crippen molar-refractivity contribution in [2.45, 2.75) is 26.4 Å². The van der Waals surface area contributed by atoms with Gasteiger partial charge in [0.05, 0.1) is 5.69 Å². The van der Waals surface area contributed by atoms with Gasteiger partial charge in [-0.3, -0.25) is 4.79 Å². The second-order valence-corrected chi connectivity index (χ2v) is 7.46. The number of anilines is 1. The number of amides is 2. The molecule has 2 N–H and O–H groups in total. The molecule has 0 aliphatic carbocycles. The molecule has 2 amide bonds. The molecular formula is C15H17BrN4O3S. The Morgan fingerprint density at radius 3 is 2.67 bits per heavy atom. The number of halogens is 1. The van der Waals surface area contributed by atoms with Crippen LogP contribution in [0.1, 0.15) is 20.8 Å². The van der Waals surface area contributed by atoms with Crippen molar-refractivity contribution in [2.24, 2.45) is 0 Å². The normalized spacial score (nSPS) is 11.0. The van der Waals surface area contributed by atoms with Crippen LogP contribution in [-0.4, -0.2) is 34.1 Å². The monoisotopic (exact) mass is 412 g/mol. The molecule has 0 radical (unpaired) electrons. The van der Waals surface area contributed by atoms with Crippen molar-refractivity contribution in [2.75, 3.05) is 11.9 Å². The molecule has 0 saturated heterocycles. The van der Waals surface area contributed by atoms with Gasteiger partial charge in [0.15, 0.2) is 5.13 Å². The van der Waals surface area contributed by atoms with Crippen molar-refractivity contribution in [1.29, 1.82) is 0 Å². The molecular weight excluding hydrogens is 396 g/mol. The van der Waals surface area contributed by atoms with Gasteiger partial charge in [0, 0.05) is 5.38 Å². The SMILES string of the molecule is CC(C)(C)OC(=O)NCC(=O)Nc1nc(-c2cccc(Br)n2)cs1. The Morgan fingerprint density at radius 1 is 1.25 bits per heavy atom. The lowest BCUT2D eigenvalue weighted by atomic mass is 10.2. The zero-order valence-corrected chi connectivity index (χ0v) is 15.8. The number of hydrogen-bond acceptors (Lipinski definition) is 6. The van der Waals surface area contributed by atoms with E-state index in [0.29, 0.717) is 21.1 Å². The fourth-order valence-corrected chi connectivity index (χ4v) is 2.69. The fraction of sp³-hybridized carbons (Fsp3) is 0.333. The minimum Gasteiger partial charge on any atom is -0.444 e. The molecule has 0 aliphatic heterocycles. The number of nitrogens with zero attached hydrogens (tertiary/aromatic N) is 2. The van der Waals surface area contributed by atoms with Gasteiger partial charge in [-0.1, -0.05) is 6.07 Å². The predicted molar refractivity (Wildman–Crippen MR) is 95.9 cm³/mol. The molecule has 9 heteroatoms. The van der Waals surface area contributed by atoms with Gasteiger partial charge < -0.3 is 15.4 Å². The van der Waals surface area contributed by atoms with Crippen molar-refractivity contribution in [3.05, 3.63) is 28.2 Å². The number of nitrogens with one attached hydrogen (secondary N) is 2. The molecule has 0 unspecified atom stereocenters. The van der Waals surface area contributed by atoms with Crippen molar-refractivity contribution in [3.63, 3.8) is 0 Å². The Hall–Kier alpha value is -2.00. The van der Waals surface area contributed by atoms with Crippen LogP contribution in [0.2, 0.25) is 0 Å². The van der Waals surface area contributed by atoms with E-state index in [-0.39, 0.29) is 12.5 Å². The summed E-state index contributed by atoms with van der Waals surface area (Å²) in [5.74, 6) is -0.385. The first-order chi connectivity index (χ1) is 11.2. The lowest BCUT2D eigenvalue weighted by molar-refractivity contribution is -0.115. The number of carbonyl (C=O) groups is 2. The Balaban J connectivity index is 1.88. The average Bonchev–Trinajstić information content (AvgIpc) is 2.92. The second kappa shape index (κ2) is 7.71. The van der Waals surface area contributed by atoms with Crippen LogP contribution in [-0.2, 0) is 9.53 Å². The molecule has 0 aromatic carbocycles. The van der Waals surface area contributed by atoms with E-state index < -0.39 is 11.7 Å². The highest BCUT2D eigenvalue weighted by Gasteiger charge is 2.17. The van der Waals surface area contributed by atoms with Gasteiger partial charge in [0.25, 0.3) is 0 Å². The second-order valence-electron chi connectivity index (χ2n) is 5.79. The van der Waals surface area contributed by atoms with Gasteiger partial charge in [-0.2, -0.15) is 0 Å². The Bertz CT molecular complexity index is 742. The van der Waals surface area contributed by atoms with E-state index >= 15 is 0 Å². The number of hydrogen-bond donors (Lipinski definition) is 2. The Kier molecular flexibility index (Phi) is 5.89. The van der Waals surface area contributed by atoms with E-state index in [1.807, 2.05) is 18.2 Å². The van der Waals surface area contributed by atoms with E-state index in [1.54, 1.807) is 26.2 Å². The van der Waals surface area contributed by atoms with Gasteiger partial charge in [-0.05, 0) is 48.8 Å². The van der Waals surface area contributed by atoms with Crippen LogP contribution in [0, 0.1) is 0 Å². The molecule has 2 aromatic heterocycles. The molecule has 128 valence electrons. The third kappa shape index (κ3) is 5.89. The van der Waals surface area contributed by atoms with Crippen molar-refractivity contribution >= 4 is 44.4 Å². The minimum absolute atomic E-state index is 0.195. The number of alkyl carbamates (subject to hydrolysis) is 1. The summed E-state index contributed by atoms with van der Waals surface area (Å²) in [6, 6.07) is 5.51. The summed E-state index contributed by atoms with van der Waals surface area (Å²) in [5, 5.41) is 7.24. The average molecular weight is 413 g/mol. The summed E-state index contributed by atoms with van der Waals surface area (Å²) in [4.78, 5) is 32.0. The van der Waals surface area contributed by atoms with E-state index in [1.165, 1.54) is 11.3 Å². The standard InChI is InChI=1S/C15H17BrN4O3S/c1-15(2,3)23-14(22)17-7-12(21)20-13-19-10(8-24-13)9-5-4-6-11(16)18-9/h4-6,8H,7H2,1-3H3,(H,17,22)(H,19,20,21). The number of ether oxygens (including phenoxy) is 1. The highest BCUT2D eigenvalue weighted by Crippen LogP contribution is 2.24. The topological polar surface area (TPSA) is 93.2 Å². The summed E-state index contributed by atoms with van der Waals surface area (Å²) < 4.78 is 5.76. The number of pyridine rings is 1. The molecule has 0 saturated carbocycles. The zero-order valence-electron chi connectivity index (χ0n) is 13.4. The number of carbonyl (C=O) groups excluding carboxylic acids is 2. The number of aromatic nitrogens is 2. The summed E-state index contributed by atoms with van der Waals surface area (Å²) in [7, 11) is 0. The van der Waals surface area contributed by atoms with Crippen LogP contribution in [0.25, 0.3) is 11.4 Å². The van der Waals surface area contributed by atoms with Gasteiger partial charge in [-0.15, -0.1) is 11.3 Å². The van der Waals surface area contributed by atoms with Crippen LogP contribution >= 0.6 is 27.3 Å². The molecule has 2 rings (SSSR count). The molecule has 24 heavy (non-hydrogen) atoms. The van der Waals surface area contributed by atoms with Gasteiger partial charge >= 0.3 is 6.09 Å². The Morgan fingerprint density at radius 2 is 2.00 bits per heavy atom. The zero-order chi connectivity index (χ0) is 17.7. The molecule has 2 heterocycles. The highest BCUT2D eigenvalue weighted by molar-refractivity contribution is 9.10. The minimum atomic E-state index is -0.643. The van der Waals surface area contributed by atoms with E-state index in [2.05, 4.69) is 36.5 Å². The predicted octanol–water partition coefficient (Wildman–Crippen LogP) is 3.43. The molecule has 7 nitrogen and oxygen atoms in total. The first kappa shape index (κ1) is 18.3. The number of rotatable bonds is 4. The summed E-state index contributed by atoms with van der Waals surface area (Å²) >= 11 is 4.58. The maximum Gasteiger partial charge on any atom is 0.408 e. The lowest BCUT2D eigenvalue weighted by Gasteiger charge is -2.19. The summed E-state index contributed by atoms with van der Waals surface area (Å²) in [5.41, 5.74) is 0.756. The molecule has 2 aromatic rings.